The Bertz CT molecular complexity index is 451. The molecule has 0 amide bonds. The summed E-state index contributed by atoms with van der Waals surface area (Å²) in [5, 5.41) is 9.75. The lowest BCUT2D eigenvalue weighted by Crippen LogP contribution is -2.07. The number of rotatable bonds is 3. The molecule has 0 bridgehead atoms. The number of carboxylic acid groups (broad SMARTS) is 1. The van der Waals surface area contributed by atoms with Crippen molar-refractivity contribution in [3.8, 4) is 0 Å². The minimum Gasteiger partial charge on any atom is -0.481 e. The molecule has 1 saturated carbocycles. The fourth-order valence-corrected chi connectivity index (χ4v) is 3.21. The van der Waals surface area contributed by atoms with Gasteiger partial charge in [-0.25, -0.2) is 0 Å². The molecule has 18 heavy (non-hydrogen) atoms. The van der Waals surface area contributed by atoms with Crippen molar-refractivity contribution in [2.24, 2.45) is 0 Å². The van der Waals surface area contributed by atoms with Crippen LogP contribution in [0.3, 0.4) is 0 Å². The monoisotopic (exact) mass is 286 g/mol. The lowest BCUT2D eigenvalue weighted by molar-refractivity contribution is -0.136. The molecule has 1 aromatic carbocycles. The Hall–Kier alpha value is -0.730. The summed E-state index contributed by atoms with van der Waals surface area (Å²) >= 11 is 12.5. The molecular weight excluding hydrogens is 271 g/mol. The number of benzene rings is 1. The van der Waals surface area contributed by atoms with Gasteiger partial charge in [-0.2, -0.15) is 0 Å². The highest BCUT2D eigenvalue weighted by molar-refractivity contribution is 6.43. The summed E-state index contributed by atoms with van der Waals surface area (Å²) in [6, 6.07) is 3.74. The zero-order valence-corrected chi connectivity index (χ0v) is 11.6. The maximum Gasteiger partial charge on any atom is 0.307 e. The standard InChI is InChI=1S/C14H16Cl2O2/c15-13-10(8-12(17)18)6-7-11(14(13)16)9-4-2-1-3-5-9/h6-7,9H,1-5,8H2,(H,17,18). The Labute approximate surface area is 117 Å². The molecule has 4 heteroatoms. The van der Waals surface area contributed by atoms with E-state index in [4.69, 9.17) is 28.3 Å². The van der Waals surface area contributed by atoms with Crippen LogP contribution in [-0.2, 0) is 11.2 Å². The third-order valence-electron chi connectivity index (χ3n) is 3.58. The number of halogens is 2. The van der Waals surface area contributed by atoms with Gasteiger partial charge in [0.2, 0.25) is 0 Å². The molecule has 0 saturated heterocycles. The zero-order valence-electron chi connectivity index (χ0n) is 10.1. The molecule has 1 aliphatic rings. The van der Waals surface area contributed by atoms with Crippen LogP contribution < -0.4 is 0 Å². The Kier molecular flexibility index (Phi) is 4.52. The molecule has 1 N–H and O–H groups in total. The Balaban J connectivity index is 2.27. The third-order valence-corrected chi connectivity index (χ3v) is 4.51. The van der Waals surface area contributed by atoms with E-state index < -0.39 is 5.97 Å². The Morgan fingerprint density at radius 3 is 2.44 bits per heavy atom. The molecule has 0 aliphatic heterocycles. The molecule has 1 aliphatic carbocycles. The van der Waals surface area contributed by atoms with Crippen LogP contribution in [0.5, 0.6) is 0 Å². The van der Waals surface area contributed by atoms with Gasteiger partial charge in [-0.1, -0.05) is 54.6 Å². The predicted octanol–water partition coefficient (Wildman–Crippen LogP) is 4.67. The average molecular weight is 287 g/mol. The van der Waals surface area contributed by atoms with E-state index in [2.05, 4.69) is 0 Å². The summed E-state index contributed by atoms with van der Waals surface area (Å²) in [6.45, 7) is 0. The highest BCUT2D eigenvalue weighted by atomic mass is 35.5. The first-order valence-corrected chi connectivity index (χ1v) is 7.03. The van der Waals surface area contributed by atoms with Crippen LogP contribution in [0.2, 0.25) is 10.0 Å². The van der Waals surface area contributed by atoms with Gasteiger partial charge in [0.1, 0.15) is 0 Å². The van der Waals surface area contributed by atoms with Crippen molar-refractivity contribution in [2.45, 2.75) is 44.4 Å². The van der Waals surface area contributed by atoms with Crippen LogP contribution in [0, 0.1) is 0 Å². The van der Waals surface area contributed by atoms with Crippen molar-refractivity contribution in [1.29, 1.82) is 0 Å². The molecule has 0 heterocycles. The molecule has 2 nitrogen and oxygen atoms in total. The normalized spacial score (nSPS) is 16.8. The van der Waals surface area contributed by atoms with Gasteiger partial charge in [0.25, 0.3) is 0 Å². The second kappa shape index (κ2) is 5.94. The summed E-state index contributed by atoms with van der Waals surface area (Å²) < 4.78 is 0. The number of hydrogen-bond donors (Lipinski definition) is 1. The molecule has 0 aromatic heterocycles. The largest absolute Gasteiger partial charge is 0.481 e. The number of hydrogen-bond acceptors (Lipinski definition) is 1. The van der Waals surface area contributed by atoms with Crippen molar-refractivity contribution in [3.05, 3.63) is 33.3 Å². The lowest BCUT2D eigenvalue weighted by atomic mass is 9.84. The van der Waals surface area contributed by atoms with E-state index in [1.807, 2.05) is 6.07 Å². The molecule has 0 radical (unpaired) electrons. The molecule has 1 aromatic rings. The predicted molar refractivity (Wildman–Crippen MR) is 73.6 cm³/mol. The van der Waals surface area contributed by atoms with E-state index in [1.165, 1.54) is 19.3 Å². The van der Waals surface area contributed by atoms with Crippen molar-refractivity contribution in [1.82, 2.24) is 0 Å². The van der Waals surface area contributed by atoms with Crippen LogP contribution in [0.15, 0.2) is 12.1 Å². The van der Waals surface area contributed by atoms with Gasteiger partial charge in [-0.3, -0.25) is 4.79 Å². The fourth-order valence-electron chi connectivity index (χ4n) is 2.63. The van der Waals surface area contributed by atoms with E-state index in [1.54, 1.807) is 6.07 Å². The Morgan fingerprint density at radius 2 is 1.83 bits per heavy atom. The molecular formula is C14H16Cl2O2. The number of carboxylic acids is 1. The molecule has 0 atom stereocenters. The van der Waals surface area contributed by atoms with E-state index in [-0.39, 0.29) is 6.42 Å². The smallest absolute Gasteiger partial charge is 0.307 e. The van der Waals surface area contributed by atoms with Crippen molar-refractivity contribution in [3.63, 3.8) is 0 Å². The van der Waals surface area contributed by atoms with Crippen molar-refractivity contribution < 1.29 is 9.90 Å². The highest BCUT2D eigenvalue weighted by Gasteiger charge is 2.21. The summed E-state index contributed by atoms with van der Waals surface area (Å²) in [4.78, 5) is 10.7. The fraction of sp³-hybridized carbons (Fsp3) is 0.500. The summed E-state index contributed by atoms with van der Waals surface area (Å²) in [5.41, 5.74) is 1.67. The first-order chi connectivity index (χ1) is 8.59. The summed E-state index contributed by atoms with van der Waals surface area (Å²) in [7, 11) is 0. The van der Waals surface area contributed by atoms with Crippen LogP contribution in [0.1, 0.15) is 49.1 Å². The number of aliphatic carboxylic acids is 1. The van der Waals surface area contributed by atoms with Gasteiger partial charge < -0.3 is 5.11 Å². The van der Waals surface area contributed by atoms with Crippen LogP contribution in [0.25, 0.3) is 0 Å². The summed E-state index contributed by atoms with van der Waals surface area (Å²) in [6.07, 6.45) is 5.97. The molecule has 0 spiro atoms. The SMILES string of the molecule is O=C(O)Cc1ccc(C2CCCCC2)c(Cl)c1Cl. The van der Waals surface area contributed by atoms with Gasteiger partial charge >= 0.3 is 5.97 Å². The minimum atomic E-state index is -0.890. The van der Waals surface area contributed by atoms with Gasteiger partial charge in [0.15, 0.2) is 0 Å². The second-order valence-corrected chi connectivity index (χ2v) is 5.60. The molecule has 0 unspecified atom stereocenters. The first kappa shape index (κ1) is 13.7. The molecule has 1 fully saturated rings. The van der Waals surface area contributed by atoms with Gasteiger partial charge in [-0.15, -0.1) is 0 Å². The molecule has 2 rings (SSSR count). The first-order valence-electron chi connectivity index (χ1n) is 6.28. The van der Waals surface area contributed by atoms with Crippen molar-refractivity contribution in [2.75, 3.05) is 0 Å². The van der Waals surface area contributed by atoms with E-state index in [0.29, 0.717) is 21.5 Å². The van der Waals surface area contributed by atoms with E-state index in [9.17, 15) is 4.79 Å². The van der Waals surface area contributed by atoms with E-state index in [0.717, 1.165) is 18.4 Å². The lowest BCUT2D eigenvalue weighted by Gasteiger charge is -2.23. The van der Waals surface area contributed by atoms with Gasteiger partial charge in [-0.05, 0) is 29.9 Å². The minimum absolute atomic E-state index is 0.0799. The second-order valence-electron chi connectivity index (χ2n) is 4.85. The van der Waals surface area contributed by atoms with Gasteiger partial charge in [0, 0.05) is 0 Å². The summed E-state index contributed by atoms with van der Waals surface area (Å²) in [5.74, 6) is -0.416. The van der Waals surface area contributed by atoms with Crippen molar-refractivity contribution >= 4 is 29.2 Å². The maximum atomic E-state index is 10.7. The molecule has 98 valence electrons. The zero-order chi connectivity index (χ0) is 13.1. The average Bonchev–Trinajstić information content (AvgIpc) is 2.36. The quantitative estimate of drug-likeness (QED) is 0.877. The van der Waals surface area contributed by atoms with Crippen LogP contribution in [0.4, 0.5) is 0 Å². The highest BCUT2D eigenvalue weighted by Crippen LogP contribution is 2.40. The number of carbonyl (C=O) groups is 1. The third kappa shape index (κ3) is 2.99. The van der Waals surface area contributed by atoms with Crippen LogP contribution >= 0.6 is 23.2 Å². The Morgan fingerprint density at radius 1 is 1.17 bits per heavy atom. The maximum absolute atomic E-state index is 10.7. The topological polar surface area (TPSA) is 37.3 Å². The van der Waals surface area contributed by atoms with Crippen LogP contribution in [-0.4, -0.2) is 11.1 Å². The van der Waals surface area contributed by atoms with E-state index >= 15 is 0 Å². The van der Waals surface area contributed by atoms with Gasteiger partial charge in [0.05, 0.1) is 16.5 Å².